The molecule has 114 valence electrons. The molecule has 0 saturated carbocycles. The van der Waals surface area contributed by atoms with Crippen LogP contribution in [0.15, 0.2) is 23.0 Å². The van der Waals surface area contributed by atoms with Crippen LogP contribution in [0, 0.1) is 6.92 Å². The van der Waals surface area contributed by atoms with Gasteiger partial charge in [0.05, 0.1) is 5.52 Å². The lowest BCUT2D eigenvalue weighted by Crippen LogP contribution is -2.35. The zero-order chi connectivity index (χ0) is 16.2. The minimum atomic E-state index is -0.173. The Labute approximate surface area is 127 Å². The SMILES string of the molecule is Cc1cccc2c1c(C(C)(C)C)c(C(C)(C)C)c(=O)n2C. The minimum absolute atomic E-state index is 0.0691. The maximum absolute atomic E-state index is 13.0. The van der Waals surface area contributed by atoms with E-state index in [0.29, 0.717) is 0 Å². The van der Waals surface area contributed by atoms with E-state index in [9.17, 15) is 4.79 Å². The largest absolute Gasteiger partial charge is 0.311 e. The fourth-order valence-electron chi connectivity index (χ4n) is 3.21. The molecule has 0 aliphatic heterocycles. The molecule has 2 heteroatoms. The molecule has 0 radical (unpaired) electrons. The number of aromatic nitrogens is 1. The van der Waals surface area contributed by atoms with E-state index in [1.165, 1.54) is 16.5 Å². The molecule has 0 unspecified atom stereocenters. The summed E-state index contributed by atoms with van der Waals surface area (Å²) < 4.78 is 1.80. The molecule has 0 aliphatic carbocycles. The molecule has 1 aromatic carbocycles. The van der Waals surface area contributed by atoms with Crippen LogP contribution in [0.2, 0.25) is 0 Å². The van der Waals surface area contributed by atoms with E-state index in [2.05, 4.69) is 54.5 Å². The van der Waals surface area contributed by atoms with Crippen LogP contribution < -0.4 is 5.56 Å². The Morgan fingerprint density at radius 3 is 1.90 bits per heavy atom. The number of nitrogens with zero attached hydrogens (tertiary/aromatic N) is 1. The number of hydrogen-bond donors (Lipinski definition) is 0. The molecule has 0 N–H and O–H groups in total. The Kier molecular flexibility index (Phi) is 3.56. The quantitative estimate of drug-likeness (QED) is 0.701. The average Bonchev–Trinajstić information content (AvgIpc) is 2.30. The standard InChI is InChI=1S/C19H27NO/c1-12-10-9-11-13-14(12)15(18(2,3)4)16(19(5,6)7)17(21)20(13)8/h9-11H,1-8H3. The highest BCUT2D eigenvalue weighted by Gasteiger charge is 2.31. The van der Waals surface area contributed by atoms with Crippen LogP contribution in [-0.2, 0) is 17.9 Å². The average molecular weight is 285 g/mol. The number of aryl methyl sites for hydroxylation is 2. The second-order valence-corrected chi connectivity index (χ2v) is 8.08. The van der Waals surface area contributed by atoms with Gasteiger partial charge in [-0.05, 0) is 34.9 Å². The molecular formula is C19H27NO. The molecule has 1 aromatic heterocycles. The number of pyridine rings is 1. The predicted octanol–water partition coefficient (Wildman–Crippen LogP) is 4.44. The van der Waals surface area contributed by atoms with Crippen LogP contribution in [-0.4, -0.2) is 4.57 Å². The van der Waals surface area contributed by atoms with Crippen molar-refractivity contribution in [2.45, 2.75) is 59.3 Å². The van der Waals surface area contributed by atoms with Crippen molar-refractivity contribution in [2.24, 2.45) is 7.05 Å². The topological polar surface area (TPSA) is 22.0 Å². The molecule has 0 amide bonds. The minimum Gasteiger partial charge on any atom is -0.311 e. The van der Waals surface area contributed by atoms with Crippen molar-refractivity contribution in [1.29, 1.82) is 0 Å². The third-order valence-corrected chi connectivity index (χ3v) is 4.13. The smallest absolute Gasteiger partial charge is 0.254 e. The van der Waals surface area contributed by atoms with Crippen LogP contribution in [0.3, 0.4) is 0 Å². The third-order valence-electron chi connectivity index (χ3n) is 4.13. The van der Waals surface area contributed by atoms with Crippen molar-refractivity contribution >= 4 is 10.9 Å². The first-order valence-electron chi connectivity index (χ1n) is 7.59. The van der Waals surface area contributed by atoms with Gasteiger partial charge < -0.3 is 4.57 Å². The monoisotopic (exact) mass is 285 g/mol. The lowest BCUT2D eigenvalue weighted by Gasteiger charge is -2.32. The molecule has 1 heterocycles. The van der Waals surface area contributed by atoms with Crippen molar-refractivity contribution in [1.82, 2.24) is 4.57 Å². The Bertz CT molecular complexity index is 752. The fourth-order valence-corrected chi connectivity index (χ4v) is 3.21. The van der Waals surface area contributed by atoms with Gasteiger partial charge in [-0.25, -0.2) is 0 Å². The number of rotatable bonds is 0. The van der Waals surface area contributed by atoms with Gasteiger partial charge in [0.15, 0.2) is 0 Å². The zero-order valence-electron chi connectivity index (χ0n) is 14.6. The molecule has 0 bridgehead atoms. The fraction of sp³-hybridized carbons (Fsp3) is 0.526. The van der Waals surface area contributed by atoms with Crippen molar-refractivity contribution in [3.05, 3.63) is 45.2 Å². The maximum Gasteiger partial charge on any atom is 0.254 e. The van der Waals surface area contributed by atoms with Gasteiger partial charge in [-0.15, -0.1) is 0 Å². The van der Waals surface area contributed by atoms with Crippen molar-refractivity contribution in [3.8, 4) is 0 Å². The molecule has 0 aliphatic rings. The van der Waals surface area contributed by atoms with Gasteiger partial charge in [-0.2, -0.15) is 0 Å². The molecule has 0 spiro atoms. The Hall–Kier alpha value is -1.57. The molecule has 0 saturated heterocycles. The van der Waals surface area contributed by atoms with Gasteiger partial charge in [0.25, 0.3) is 5.56 Å². The van der Waals surface area contributed by atoms with Crippen LogP contribution >= 0.6 is 0 Å². The number of fused-ring (bicyclic) bond motifs is 1. The maximum atomic E-state index is 13.0. The molecule has 0 fully saturated rings. The van der Waals surface area contributed by atoms with E-state index in [-0.39, 0.29) is 16.4 Å². The third kappa shape index (κ3) is 2.52. The summed E-state index contributed by atoms with van der Waals surface area (Å²) in [4.78, 5) is 13.0. The summed E-state index contributed by atoms with van der Waals surface area (Å²) in [6.07, 6.45) is 0. The van der Waals surface area contributed by atoms with Crippen LogP contribution in [0.4, 0.5) is 0 Å². The molecule has 0 atom stereocenters. The lowest BCUT2D eigenvalue weighted by atomic mass is 9.73. The highest BCUT2D eigenvalue weighted by Crippen LogP contribution is 2.37. The zero-order valence-corrected chi connectivity index (χ0v) is 14.6. The summed E-state index contributed by atoms with van der Waals surface area (Å²) in [5.41, 5.74) is 4.29. The van der Waals surface area contributed by atoms with E-state index < -0.39 is 0 Å². The summed E-state index contributed by atoms with van der Waals surface area (Å²) in [6, 6.07) is 6.21. The van der Waals surface area contributed by atoms with E-state index in [0.717, 1.165) is 11.1 Å². The van der Waals surface area contributed by atoms with Gasteiger partial charge in [-0.3, -0.25) is 4.79 Å². The molecule has 2 aromatic rings. The van der Waals surface area contributed by atoms with E-state index >= 15 is 0 Å². The second kappa shape index (κ2) is 4.72. The highest BCUT2D eigenvalue weighted by atomic mass is 16.1. The predicted molar refractivity (Wildman–Crippen MR) is 91.3 cm³/mol. The Morgan fingerprint density at radius 1 is 0.905 bits per heavy atom. The molecule has 2 nitrogen and oxygen atoms in total. The van der Waals surface area contributed by atoms with Crippen LogP contribution in [0.5, 0.6) is 0 Å². The summed E-state index contributed by atoms with van der Waals surface area (Å²) in [6.45, 7) is 15.1. The first-order valence-corrected chi connectivity index (χ1v) is 7.59. The van der Waals surface area contributed by atoms with E-state index in [1.807, 2.05) is 19.2 Å². The van der Waals surface area contributed by atoms with Gasteiger partial charge in [0, 0.05) is 18.0 Å². The first-order chi connectivity index (χ1) is 9.46. The number of hydrogen-bond acceptors (Lipinski definition) is 1. The highest BCUT2D eigenvalue weighted by molar-refractivity contribution is 5.88. The molecule has 21 heavy (non-hydrogen) atoms. The van der Waals surface area contributed by atoms with Crippen LogP contribution in [0.1, 0.15) is 58.2 Å². The second-order valence-electron chi connectivity index (χ2n) is 8.08. The van der Waals surface area contributed by atoms with E-state index in [1.54, 1.807) is 4.57 Å². The van der Waals surface area contributed by atoms with Crippen molar-refractivity contribution in [2.75, 3.05) is 0 Å². The summed E-state index contributed by atoms with van der Waals surface area (Å²) in [7, 11) is 1.88. The van der Waals surface area contributed by atoms with Crippen LogP contribution in [0.25, 0.3) is 10.9 Å². The first kappa shape index (κ1) is 15.8. The van der Waals surface area contributed by atoms with E-state index in [4.69, 9.17) is 0 Å². The molecule has 2 rings (SSSR count). The lowest BCUT2D eigenvalue weighted by molar-refractivity contribution is 0.523. The summed E-state index contributed by atoms with van der Waals surface area (Å²) >= 11 is 0. The van der Waals surface area contributed by atoms with Gasteiger partial charge in [0.1, 0.15) is 0 Å². The summed E-state index contributed by atoms with van der Waals surface area (Å²) in [5.74, 6) is 0. The van der Waals surface area contributed by atoms with Gasteiger partial charge in [0.2, 0.25) is 0 Å². The van der Waals surface area contributed by atoms with Crippen molar-refractivity contribution < 1.29 is 0 Å². The Morgan fingerprint density at radius 2 is 1.43 bits per heavy atom. The summed E-state index contributed by atoms with van der Waals surface area (Å²) in [5, 5.41) is 1.23. The van der Waals surface area contributed by atoms with Gasteiger partial charge >= 0.3 is 0 Å². The number of benzene rings is 1. The normalized spacial score (nSPS) is 13.0. The van der Waals surface area contributed by atoms with Crippen molar-refractivity contribution in [3.63, 3.8) is 0 Å². The Balaban J connectivity index is 3.21. The molecular weight excluding hydrogens is 258 g/mol. The van der Waals surface area contributed by atoms with Gasteiger partial charge in [-0.1, -0.05) is 53.7 Å².